The fraction of sp³-hybridized carbons (Fsp3) is 0.619. The maximum atomic E-state index is 13.4. The highest BCUT2D eigenvalue weighted by Crippen LogP contribution is 2.61. The number of nitro groups is 1. The number of nitrogens with one attached hydrogen (secondary N) is 1. The van der Waals surface area contributed by atoms with E-state index in [2.05, 4.69) is 27.8 Å². The number of carbonyl (C=O) groups excluding carboxylic acids is 1. The zero-order valence-electron chi connectivity index (χ0n) is 17.7. The summed E-state index contributed by atoms with van der Waals surface area (Å²) < 4.78 is 1.51. The van der Waals surface area contributed by atoms with E-state index in [1.807, 2.05) is 0 Å². The van der Waals surface area contributed by atoms with Crippen molar-refractivity contribution in [1.29, 1.82) is 0 Å². The van der Waals surface area contributed by atoms with E-state index in [0.717, 1.165) is 17.8 Å². The van der Waals surface area contributed by atoms with E-state index in [1.54, 1.807) is 13.1 Å². The molecule has 1 aromatic heterocycles. The molecular formula is C21H26N6O3S. The lowest BCUT2D eigenvalue weighted by Crippen LogP contribution is -2.55. The molecule has 1 heterocycles. The number of carbonyl (C=O) groups is 1. The smallest absolute Gasteiger partial charge is 0.270 e. The number of nitrogens with zero attached hydrogens (tertiary/aromatic N) is 5. The molecule has 4 aliphatic rings. The predicted octanol–water partition coefficient (Wildman–Crippen LogP) is 3.60. The molecule has 31 heavy (non-hydrogen) atoms. The van der Waals surface area contributed by atoms with Gasteiger partial charge in [0, 0.05) is 30.1 Å². The molecule has 4 aliphatic carbocycles. The third kappa shape index (κ3) is 3.71. The Bertz CT molecular complexity index is 1000. The van der Waals surface area contributed by atoms with Crippen LogP contribution in [0.5, 0.6) is 0 Å². The quantitative estimate of drug-likeness (QED) is 0.537. The first-order chi connectivity index (χ1) is 14.8. The molecule has 0 radical (unpaired) electrons. The van der Waals surface area contributed by atoms with Gasteiger partial charge in [0.15, 0.2) is 0 Å². The topological polar surface area (TPSA) is 116 Å². The molecule has 1 amide bonds. The van der Waals surface area contributed by atoms with Gasteiger partial charge in [0.1, 0.15) is 0 Å². The van der Waals surface area contributed by atoms with Gasteiger partial charge in [0.2, 0.25) is 5.16 Å². The summed E-state index contributed by atoms with van der Waals surface area (Å²) in [6.07, 6.45) is 7.58. The number of aromatic nitrogens is 4. The van der Waals surface area contributed by atoms with Crippen molar-refractivity contribution < 1.29 is 9.72 Å². The van der Waals surface area contributed by atoms with Crippen LogP contribution in [0.15, 0.2) is 28.3 Å². The number of benzene rings is 1. The molecule has 1 atom stereocenters. The van der Waals surface area contributed by atoms with Crippen LogP contribution in [0, 0.1) is 33.3 Å². The Morgan fingerprint density at radius 3 is 2.45 bits per heavy atom. The Hall–Kier alpha value is -2.49. The van der Waals surface area contributed by atoms with Crippen molar-refractivity contribution >= 4 is 23.4 Å². The van der Waals surface area contributed by atoms with Crippen LogP contribution < -0.4 is 5.32 Å². The molecule has 2 aromatic rings. The fourth-order valence-electron chi connectivity index (χ4n) is 6.44. The molecule has 4 fully saturated rings. The first-order valence-corrected chi connectivity index (χ1v) is 11.6. The summed E-state index contributed by atoms with van der Waals surface area (Å²) in [4.78, 5) is 24.8. The Labute approximate surface area is 184 Å². The number of tetrazole rings is 1. The zero-order valence-corrected chi connectivity index (χ0v) is 18.5. The standard InChI is InChI=1S/C21H26N6O3S/c1-12(21-9-13-5-14(10-21)7-15(6-13)11-21)22-19(28)17-8-16(27(29)30)3-4-18(17)31-20-23-24-25-26(20)2/h3-4,8,12-15H,5-7,9-11H2,1-2H3,(H,22,28). The molecule has 0 spiro atoms. The first-order valence-electron chi connectivity index (χ1n) is 10.8. The van der Waals surface area contributed by atoms with E-state index in [4.69, 9.17) is 0 Å². The molecular weight excluding hydrogens is 416 g/mol. The minimum atomic E-state index is -0.475. The predicted molar refractivity (Wildman–Crippen MR) is 114 cm³/mol. The van der Waals surface area contributed by atoms with Gasteiger partial charge in [-0.25, -0.2) is 4.68 Å². The largest absolute Gasteiger partial charge is 0.349 e. The van der Waals surface area contributed by atoms with Gasteiger partial charge < -0.3 is 5.32 Å². The van der Waals surface area contributed by atoms with Crippen LogP contribution in [0.1, 0.15) is 55.8 Å². The van der Waals surface area contributed by atoms with Gasteiger partial charge in [0.05, 0.1) is 10.5 Å². The van der Waals surface area contributed by atoms with Crippen molar-refractivity contribution in [1.82, 2.24) is 25.5 Å². The van der Waals surface area contributed by atoms with Crippen LogP contribution in [0.25, 0.3) is 0 Å². The second kappa shape index (κ2) is 7.58. The SMILES string of the molecule is CC(NC(=O)c1cc([N+](=O)[O-])ccc1Sc1nnnn1C)C12CC3CC(CC(C3)C1)C2. The lowest BCUT2D eigenvalue weighted by molar-refractivity contribution is -0.384. The summed E-state index contributed by atoms with van der Waals surface area (Å²) in [5.41, 5.74) is 0.346. The van der Waals surface area contributed by atoms with Crippen LogP contribution >= 0.6 is 11.8 Å². The Morgan fingerprint density at radius 2 is 1.90 bits per heavy atom. The highest BCUT2D eigenvalue weighted by molar-refractivity contribution is 7.99. The number of hydrogen-bond acceptors (Lipinski definition) is 7. The number of non-ortho nitro benzene ring substituents is 1. The van der Waals surface area contributed by atoms with Crippen LogP contribution in [0.4, 0.5) is 5.69 Å². The van der Waals surface area contributed by atoms with E-state index in [-0.39, 0.29) is 23.1 Å². The number of rotatable bonds is 6. The molecule has 10 heteroatoms. The third-order valence-corrected chi connectivity index (χ3v) is 8.66. The number of hydrogen-bond donors (Lipinski definition) is 1. The summed E-state index contributed by atoms with van der Waals surface area (Å²) >= 11 is 1.23. The van der Waals surface area contributed by atoms with Crippen LogP contribution in [0.2, 0.25) is 0 Å². The van der Waals surface area contributed by atoms with Crippen molar-refractivity contribution in [3.05, 3.63) is 33.9 Å². The summed E-state index contributed by atoms with van der Waals surface area (Å²) in [6.45, 7) is 2.11. The van der Waals surface area contributed by atoms with Crippen molar-refractivity contribution in [2.45, 2.75) is 61.5 Å². The molecule has 1 N–H and O–H groups in total. The van der Waals surface area contributed by atoms with Crippen molar-refractivity contribution in [3.63, 3.8) is 0 Å². The van der Waals surface area contributed by atoms with Gasteiger partial charge in [-0.15, -0.1) is 5.10 Å². The second-order valence-corrected chi connectivity index (χ2v) is 10.6. The summed E-state index contributed by atoms with van der Waals surface area (Å²) in [7, 11) is 1.71. The normalized spacial score (nSPS) is 29.7. The highest BCUT2D eigenvalue weighted by Gasteiger charge is 2.53. The molecule has 9 nitrogen and oxygen atoms in total. The van der Waals surface area contributed by atoms with Crippen LogP contribution in [-0.4, -0.2) is 37.1 Å². The lowest BCUT2D eigenvalue weighted by atomic mass is 9.48. The summed E-state index contributed by atoms with van der Waals surface area (Å²) in [5.74, 6) is 2.10. The zero-order chi connectivity index (χ0) is 21.8. The minimum absolute atomic E-state index is 0.0296. The van der Waals surface area contributed by atoms with E-state index >= 15 is 0 Å². The maximum Gasteiger partial charge on any atom is 0.270 e. The van der Waals surface area contributed by atoms with Gasteiger partial charge in [-0.2, -0.15) is 0 Å². The Kier molecular flexibility index (Phi) is 4.99. The van der Waals surface area contributed by atoms with Crippen molar-refractivity contribution in [2.24, 2.45) is 30.2 Å². The lowest BCUT2D eigenvalue weighted by Gasteiger charge is -2.59. The Balaban J connectivity index is 1.40. The molecule has 1 aromatic carbocycles. The summed E-state index contributed by atoms with van der Waals surface area (Å²) in [6, 6.07) is 4.39. The Morgan fingerprint density at radius 1 is 1.26 bits per heavy atom. The van der Waals surface area contributed by atoms with E-state index in [1.165, 1.54) is 67.1 Å². The van der Waals surface area contributed by atoms with E-state index in [9.17, 15) is 14.9 Å². The molecule has 6 rings (SSSR count). The van der Waals surface area contributed by atoms with E-state index < -0.39 is 4.92 Å². The first kappa shape index (κ1) is 20.4. The fourth-order valence-corrected chi connectivity index (χ4v) is 7.28. The maximum absolute atomic E-state index is 13.4. The number of nitro benzene ring substituents is 1. The average Bonchev–Trinajstić information content (AvgIpc) is 3.11. The third-order valence-electron chi connectivity index (χ3n) is 7.55. The van der Waals surface area contributed by atoms with Gasteiger partial charge in [0.25, 0.3) is 11.6 Å². The van der Waals surface area contributed by atoms with Crippen molar-refractivity contribution in [2.75, 3.05) is 0 Å². The van der Waals surface area contributed by atoms with Gasteiger partial charge >= 0.3 is 0 Å². The monoisotopic (exact) mass is 442 g/mol. The molecule has 164 valence electrons. The highest BCUT2D eigenvalue weighted by atomic mass is 32.2. The summed E-state index contributed by atoms with van der Waals surface area (Å²) in [5, 5.41) is 26.5. The number of aryl methyl sites for hydroxylation is 1. The number of amides is 1. The van der Waals surface area contributed by atoms with Crippen LogP contribution in [0.3, 0.4) is 0 Å². The average molecular weight is 443 g/mol. The molecule has 0 aliphatic heterocycles. The van der Waals surface area contributed by atoms with Crippen molar-refractivity contribution in [3.8, 4) is 0 Å². The molecule has 4 saturated carbocycles. The van der Waals surface area contributed by atoms with Gasteiger partial charge in [-0.1, -0.05) is 0 Å². The van der Waals surface area contributed by atoms with Gasteiger partial charge in [-0.05, 0) is 96.9 Å². The van der Waals surface area contributed by atoms with E-state index in [0.29, 0.717) is 15.6 Å². The molecule has 1 unspecified atom stereocenters. The molecule has 0 saturated heterocycles. The minimum Gasteiger partial charge on any atom is -0.349 e. The van der Waals surface area contributed by atoms with Crippen LogP contribution in [-0.2, 0) is 7.05 Å². The van der Waals surface area contributed by atoms with Gasteiger partial charge in [-0.3, -0.25) is 14.9 Å². The molecule has 4 bridgehead atoms. The second-order valence-electron chi connectivity index (χ2n) is 9.60.